The molecule has 0 fully saturated rings. The molecule has 0 saturated carbocycles. The van der Waals surface area contributed by atoms with E-state index in [0.717, 1.165) is 23.8 Å². The molecule has 3 nitrogen and oxygen atoms in total. The number of nitrogens with zero attached hydrogens (tertiary/aromatic N) is 2. The first-order valence-corrected chi connectivity index (χ1v) is 7.35. The van der Waals surface area contributed by atoms with E-state index in [0.29, 0.717) is 0 Å². The van der Waals surface area contributed by atoms with Crippen molar-refractivity contribution in [1.29, 1.82) is 0 Å². The maximum Gasteiger partial charge on any atom is 0.192 e. The quantitative estimate of drug-likeness (QED) is 0.646. The summed E-state index contributed by atoms with van der Waals surface area (Å²) in [6, 6.07) is 8.55. The zero-order valence-corrected chi connectivity index (χ0v) is 12.2. The fourth-order valence-electron chi connectivity index (χ4n) is 1.62. The summed E-state index contributed by atoms with van der Waals surface area (Å²) in [6.07, 6.45) is 4.86. The van der Waals surface area contributed by atoms with Gasteiger partial charge in [-0.05, 0) is 54.9 Å². The summed E-state index contributed by atoms with van der Waals surface area (Å²) in [5.41, 5.74) is 2.39. The van der Waals surface area contributed by atoms with Crippen molar-refractivity contribution in [1.82, 2.24) is 15.3 Å². The third-order valence-corrected chi connectivity index (χ3v) is 3.55. The Kier molecular flexibility index (Phi) is 5.36. The van der Waals surface area contributed by atoms with E-state index >= 15 is 0 Å². The van der Waals surface area contributed by atoms with Gasteiger partial charge in [0, 0.05) is 23.8 Å². The molecule has 0 saturated heterocycles. The van der Waals surface area contributed by atoms with Crippen LogP contribution in [0.1, 0.15) is 24.5 Å². The Balaban J connectivity index is 1.92. The number of hydrogen-bond donors (Lipinski definition) is 1. The molecule has 1 aromatic carbocycles. The predicted octanol–water partition coefficient (Wildman–Crippen LogP) is 3.44. The van der Waals surface area contributed by atoms with Crippen molar-refractivity contribution in [3.8, 4) is 0 Å². The van der Waals surface area contributed by atoms with Crippen LogP contribution < -0.4 is 5.32 Å². The third-order valence-electron chi connectivity index (χ3n) is 2.65. The molecule has 100 valence electrons. The topological polar surface area (TPSA) is 37.8 Å². The first-order valence-electron chi connectivity index (χ1n) is 6.54. The lowest BCUT2D eigenvalue weighted by Gasteiger charge is -2.05. The van der Waals surface area contributed by atoms with Crippen molar-refractivity contribution in [3.05, 3.63) is 47.8 Å². The van der Waals surface area contributed by atoms with Crippen molar-refractivity contribution in [2.24, 2.45) is 0 Å². The number of benzene rings is 1. The Morgan fingerprint density at radius 3 is 2.42 bits per heavy atom. The predicted molar refractivity (Wildman–Crippen MR) is 79.3 cm³/mol. The van der Waals surface area contributed by atoms with Gasteiger partial charge in [0.15, 0.2) is 5.16 Å². The molecule has 0 unspecified atom stereocenters. The lowest BCUT2D eigenvalue weighted by atomic mass is 10.2. The fraction of sp³-hybridized carbons (Fsp3) is 0.333. The second-order valence-electron chi connectivity index (χ2n) is 4.47. The van der Waals surface area contributed by atoms with E-state index < -0.39 is 0 Å². The smallest absolute Gasteiger partial charge is 0.192 e. The van der Waals surface area contributed by atoms with Gasteiger partial charge in [0.25, 0.3) is 0 Å². The Bertz CT molecular complexity index is 494. The summed E-state index contributed by atoms with van der Waals surface area (Å²) < 4.78 is 0. The van der Waals surface area contributed by atoms with E-state index in [2.05, 4.69) is 46.5 Å². The molecule has 0 atom stereocenters. The van der Waals surface area contributed by atoms with Crippen LogP contribution in [0.5, 0.6) is 0 Å². The van der Waals surface area contributed by atoms with Gasteiger partial charge in [-0.3, -0.25) is 0 Å². The molecule has 2 aromatic rings. The van der Waals surface area contributed by atoms with E-state index in [1.807, 2.05) is 19.3 Å². The zero-order chi connectivity index (χ0) is 13.5. The molecule has 0 spiro atoms. The SMILES string of the molecule is CCCNCc1ccc(Sc2ncc(C)cn2)cc1. The van der Waals surface area contributed by atoms with Crippen LogP contribution in [0, 0.1) is 6.92 Å². The molecule has 4 heteroatoms. The molecule has 0 aliphatic carbocycles. The summed E-state index contributed by atoms with van der Waals surface area (Å²) in [5.74, 6) is 0. The van der Waals surface area contributed by atoms with Crippen LogP contribution in [-0.4, -0.2) is 16.5 Å². The Morgan fingerprint density at radius 2 is 1.79 bits per heavy atom. The Morgan fingerprint density at radius 1 is 1.11 bits per heavy atom. The van der Waals surface area contributed by atoms with Crippen LogP contribution in [0.4, 0.5) is 0 Å². The molecule has 0 radical (unpaired) electrons. The molecule has 0 bridgehead atoms. The highest BCUT2D eigenvalue weighted by Crippen LogP contribution is 2.24. The standard InChI is InChI=1S/C15H19N3S/c1-3-8-16-11-13-4-6-14(7-5-13)19-15-17-9-12(2)10-18-15/h4-7,9-10,16H,3,8,11H2,1-2H3. The second kappa shape index (κ2) is 7.26. The van der Waals surface area contributed by atoms with Gasteiger partial charge in [0.05, 0.1) is 0 Å². The molecule has 2 rings (SSSR count). The Hall–Kier alpha value is -1.39. The maximum absolute atomic E-state index is 4.30. The van der Waals surface area contributed by atoms with Crippen molar-refractivity contribution < 1.29 is 0 Å². The summed E-state index contributed by atoms with van der Waals surface area (Å²) in [6.45, 7) is 6.16. The van der Waals surface area contributed by atoms with Crippen LogP contribution in [0.3, 0.4) is 0 Å². The minimum atomic E-state index is 0.794. The van der Waals surface area contributed by atoms with E-state index in [-0.39, 0.29) is 0 Å². The van der Waals surface area contributed by atoms with Crippen LogP contribution >= 0.6 is 11.8 Å². The van der Waals surface area contributed by atoms with E-state index in [1.54, 1.807) is 11.8 Å². The average molecular weight is 273 g/mol. The lowest BCUT2D eigenvalue weighted by molar-refractivity contribution is 0.675. The Labute approximate surface area is 118 Å². The molecule has 1 heterocycles. The summed E-state index contributed by atoms with van der Waals surface area (Å²) in [7, 11) is 0. The van der Waals surface area contributed by atoms with Crippen molar-refractivity contribution in [3.63, 3.8) is 0 Å². The average Bonchev–Trinajstić information content (AvgIpc) is 2.44. The monoisotopic (exact) mass is 273 g/mol. The maximum atomic E-state index is 4.30. The van der Waals surface area contributed by atoms with Crippen molar-refractivity contribution >= 4 is 11.8 Å². The minimum absolute atomic E-state index is 0.794. The van der Waals surface area contributed by atoms with Crippen LogP contribution in [0.15, 0.2) is 46.7 Å². The number of aryl methyl sites for hydroxylation is 1. The largest absolute Gasteiger partial charge is 0.313 e. The van der Waals surface area contributed by atoms with Crippen molar-refractivity contribution in [2.45, 2.75) is 36.9 Å². The highest BCUT2D eigenvalue weighted by atomic mass is 32.2. The number of aromatic nitrogens is 2. The van der Waals surface area contributed by atoms with Gasteiger partial charge < -0.3 is 5.32 Å². The molecule has 0 amide bonds. The summed E-state index contributed by atoms with van der Waals surface area (Å²) in [4.78, 5) is 9.76. The van der Waals surface area contributed by atoms with Crippen LogP contribution in [0.25, 0.3) is 0 Å². The first-order chi connectivity index (χ1) is 9.28. The first kappa shape index (κ1) is 14.0. The second-order valence-corrected chi connectivity index (χ2v) is 5.51. The molecule has 1 aromatic heterocycles. The van der Waals surface area contributed by atoms with Gasteiger partial charge in [-0.2, -0.15) is 0 Å². The fourth-order valence-corrected chi connectivity index (χ4v) is 2.32. The molecule has 0 aliphatic rings. The molecular formula is C15H19N3S. The van der Waals surface area contributed by atoms with Gasteiger partial charge in [-0.25, -0.2) is 9.97 Å². The van der Waals surface area contributed by atoms with Gasteiger partial charge in [0.2, 0.25) is 0 Å². The van der Waals surface area contributed by atoms with Crippen LogP contribution in [0.2, 0.25) is 0 Å². The normalized spacial score (nSPS) is 10.6. The molecular weight excluding hydrogens is 254 g/mol. The van der Waals surface area contributed by atoms with Crippen LogP contribution in [-0.2, 0) is 6.54 Å². The minimum Gasteiger partial charge on any atom is -0.313 e. The highest BCUT2D eigenvalue weighted by molar-refractivity contribution is 7.99. The summed E-state index contributed by atoms with van der Waals surface area (Å²) >= 11 is 1.59. The zero-order valence-electron chi connectivity index (χ0n) is 11.4. The molecule has 0 aliphatic heterocycles. The highest BCUT2D eigenvalue weighted by Gasteiger charge is 2.00. The van der Waals surface area contributed by atoms with E-state index in [9.17, 15) is 0 Å². The van der Waals surface area contributed by atoms with Gasteiger partial charge in [0.1, 0.15) is 0 Å². The van der Waals surface area contributed by atoms with Crippen molar-refractivity contribution in [2.75, 3.05) is 6.54 Å². The van der Waals surface area contributed by atoms with E-state index in [1.165, 1.54) is 16.9 Å². The van der Waals surface area contributed by atoms with Gasteiger partial charge in [-0.1, -0.05) is 19.1 Å². The molecule has 19 heavy (non-hydrogen) atoms. The molecule has 1 N–H and O–H groups in total. The summed E-state index contributed by atoms with van der Waals surface area (Å²) in [5, 5.41) is 4.19. The number of nitrogens with one attached hydrogen (secondary N) is 1. The van der Waals surface area contributed by atoms with E-state index in [4.69, 9.17) is 0 Å². The van der Waals surface area contributed by atoms with Gasteiger partial charge in [-0.15, -0.1) is 0 Å². The van der Waals surface area contributed by atoms with Gasteiger partial charge >= 0.3 is 0 Å². The third kappa shape index (κ3) is 4.65. The number of hydrogen-bond acceptors (Lipinski definition) is 4. The number of rotatable bonds is 6. The lowest BCUT2D eigenvalue weighted by Crippen LogP contribution is -2.13.